The summed E-state index contributed by atoms with van der Waals surface area (Å²) in [7, 11) is 3.16. The third-order valence-corrected chi connectivity index (χ3v) is 3.83. The molecule has 4 nitrogen and oxygen atoms in total. The number of ether oxygens (including phenoxy) is 2. The molecule has 2 aromatic carbocycles. The van der Waals surface area contributed by atoms with Crippen LogP contribution in [0.1, 0.15) is 30.5 Å². The summed E-state index contributed by atoms with van der Waals surface area (Å²) in [6.07, 6.45) is 0.953. The molecule has 0 saturated heterocycles. The van der Waals surface area contributed by atoms with Crippen LogP contribution in [0, 0.1) is 5.82 Å². The molecule has 1 amide bonds. The quantitative estimate of drug-likeness (QED) is 0.842. The predicted molar refractivity (Wildman–Crippen MR) is 90.8 cm³/mol. The standard InChI is InChI=1S/C19H22FNO3/c1-4-16(14-7-10-17(23-2)18(12-14)24-3)21-19(22)11-13-5-8-15(20)9-6-13/h5-10,12,16H,4,11H2,1-3H3,(H,21,22). The van der Waals surface area contributed by atoms with Crippen LogP contribution in [-0.2, 0) is 11.2 Å². The number of rotatable bonds is 7. The van der Waals surface area contributed by atoms with E-state index >= 15 is 0 Å². The van der Waals surface area contributed by atoms with Crippen molar-refractivity contribution in [2.75, 3.05) is 14.2 Å². The van der Waals surface area contributed by atoms with Crippen LogP contribution in [0.25, 0.3) is 0 Å². The van der Waals surface area contributed by atoms with Gasteiger partial charge < -0.3 is 14.8 Å². The van der Waals surface area contributed by atoms with Crippen LogP contribution >= 0.6 is 0 Å². The molecule has 2 aromatic rings. The van der Waals surface area contributed by atoms with E-state index in [0.717, 1.165) is 17.5 Å². The van der Waals surface area contributed by atoms with Gasteiger partial charge in [-0.05, 0) is 41.8 Å². The van der Waals surface area contributed by atoms with Crippen LogP contribution in [0.15, 0.2) is 42.5 Å². The van der Waals surface area contributed by atoms with E-state index in [4.69, 9.17) is 9.47 Å². The number of nitrogens with one attached hydrogen (secondary N) is 1. The Morgan fingerprint density at radius 2 is 1.75 bits per heavy atom. The second kappa shape index (κ2) is 8.34. The van der Waals surface area contributed by atoms with Crippen LogP contribution in [-0.4, -0.2) is 20.1 Å². The van der Waals surface area contributed by atoms with Crippen LogP contribution in [0.5, 0.6) is 11.5 Å². The van der Waals surface area contributed by atoms with Crippen molar-refractivity contribution in [1.29, 1.82) is 0 Å². The minimum atomic E-state index is -0.309. The monoisotopic (exact) mass is 331 g/mol. The Hall–Kier alpha value is -2.56. The fourth-order valence-electron chi connectivity index (χ4n) is 2.52. The molecule has 0 aromatic heterocycles. The molecule has 0 spiro atoms. The third-order valence-electron chi connectivity index (χ3n) is 3.83. The summed E-state index contributed by atoms with van der Waals surface area (Å²) in [6, 6.07) is 11.4. The fourth-order valence-corrected chi connectivity index (χ4v) is 2.52. The molecule has 0 radical (unpaired) electrons. The Labute approximate surface area is 141 Å². The Morgan fingerprint density at radius 3 is 2.33 bits per heavy atom. The minimum Gasteiger partial charge on any atom is -0.493 e. The van der Waals surface area contributed by atoms with Gasteiger partial charge in [-0.2, -0.15) is 0 Å². The first-order valence-electron chi connectivity index (χ1n) is 7.83. The molecule has 1 atom stereocenters. The maximum absolute atomic E-state index is 12.9. The summed E-state index contributed by atoms with van der Waals surface area (Å²) in [5.74, 6) is 0.856. The molecular weight excluding hydrogens is 309 g/mol. The lowest BCUT2D eigenvalue weighted by molar-refractivity contribution is -0.121. The third kappa shape index (κ3) is 4.47. The summed E-state index contributed by atoms with van der Waals surface area (Å²) in [6.45, 7) is 2.00. The molecule has 128 valence electrons. The van der Waals surface area contributed by atoms with E-state index in [2.05, 4.69) is 5.32 Å². The van der Waals surface area contributed by atoms with Gasteiger partial charge in [-0.3, -0.25) is 4.79 Å². The van der Waals surface area contributed by atoms with Crippen molar-refractivity contribution in [2.45, 2.75) is 25.8 Å². The topological polar surface area (TPSA) is 47.6 Å². The Morgan fingerprint density at radius 1 is 1.08 bits per heavy atom. The number of hydrogen-bond donors (Lipinski definition) is 1. The first-order chi connectivity index (χ1) is 11.6. The van der Waals surface area contributed by atoms with Gasteiger partial charge in [0.15, 0.2) is 11.5 Å². The molecule has 0 aliphatic carbocycles. The lowest BCUT2D eigenvalue weighted by Crippen LogP contribution is -2.29. The molecule has 1 unspecified atom stereocenters. The van der Waals surface area contributed by atoms with Crippen molar-refractivity contribution in [3.05, 3.63) is 59.4 Å². The highest BCUT2D eigenvalue weighted by Gasteiger charge is 2.15. The average molecular weight is 331 g/mol. The highest BCUT2D eigenvalue weighted by molar-refractivity contribution is 5.79. The van der Waals surface area contributed by atoms with Crippen molar-refractivity contribution in [3.8, 4) is 11.5 Å². The van der Waals surface area contributed by atoms with E-state index in [9.17, 15) is 9.18 Å². The Kier molecular flexibility index (Phi) is 6.18. The van der Waals surface area contributed by atoms with Crippen molar-refractivity contribution in [3.63, 3.8) is 0 Å². The number of halogens is 1. The summed E-state index contributed by atoms with van der Waals surface area (Å²) >= 11 is 0. The number of carbonyl (C=O) groups is 1. The molecule has 2 rings (SSSR count). The van der Waals surface area contributed by atoms with Crippen molar-refractivity contribution >= 4 is 5.91 Å². The summed E-state index contributed by atoms with van der Waals surface area (Å²) in [5, 5.41) is 3.01. The van der Waals surface area contributed by atoms with Gasteiger partial charge in [0, 0.05) is 0 Å². The van der Waals surface area contributed by atoms with Gasteiger partial charge >= 0.3 is 0 Å². The molecule has 0 heterocycles. The fraction of sp³-hybridized carbons (Fsp3) is 0.316. The lowest BCUT2D eigenvalue weighted by atomic mass is 10.0. The molecule has 0 aliphatic rings. The van der Waals surface area contributed by atoms with Gasteiger partial charge in [0.05, 0.1) is 26.7 Å². The first-order valence-corrected chi connectivity index (χ1v) is 7.83. The van der Waals surface area contributed by atoms with E-state index < -0.39 is 0 Å². The molecule has 0 bridgehead atoms. The zero-order chi connectivity index (χ0) is 17.5. The highest BCUT2D eigenvalue weighted by atomic mass is 19.1. The van der Waals surface area contributed by atoms with E-state index in [-0.39, 0.29) is 24.2 Å². The van der Waals surface area contributed by atoms with Gasteiger partial charge in [-0.25, -0.2) is 4.39 Å². The maximum atomic E-state index is 12.9. The zero-order valence-corrected chi connectivity index (χ0v) is 14.1. The molecular formula is C19H22FNO3. The van der Waals surface area contributed by atoms with E-state index in [0.29, 0.717) is 11.5 Å². The smallest absolute Gasteiger partial charge is 0.224 e. The Balaban J connectivity index is 2.08. The molecule has 24 heavy (non-hydrogen) atoms. The first kappa shape index (κ1) is 17.8. The second-order valence-electron chi connectivity index (χ2n) is 5.45. The molecule has 0 aliphatic heterocycles. The number of methoxy groups -OCH3 is 2. The summed E-state index contributed by atoms with van der Waals surface area (Å²) in [4.78, 5) is 12.3. The van der Waals surface area contributed by atoms with Gasteiger partial charge in [-0.15, -0.1) is 0 Å². The van der Waals surface area contributed by atoms with Crippen LogP contribution < -0.4 is 14.8 Å². The van der Waals surface area contributed by atoms with Gasteiger partial charge in [0.2, 0.25) is 5.91 Å². The van der Waals surface area contributed by atoms with Crippen molar-refractivity contribution < 1.29 is 18.7 Å². The highest BCUT2D eigenvalue weighted by Crippen LogP contribution is 2.30. The van der Waals surface area contributed by atoms with Crippen LogP contribution in [0.3, 0.4) is 0 Å². The predicted octanol–water partition coefficient (Wildman–Crippen LogP) is 3.65. The number of carbonyl (C=O) groups excluding carboxylic acids is 1. The zero-order valence-electron chi connectivity index (χ0n) is 14.1. The van der Waals surface area contributed by atoms with E-state index in [1.807, 2.05) is 25.1 Å². The summed E-state index contributed by atoms with van der Waals surface area (Å²) < 4.78 is 23.5. The Bertz CT molecular complexity index is 686. The lowest BCUT2D eigenvalue weighted by Gasteiger charge is -2.19. The SMILES string of the molecule is CCC(NC(=O)Cc1ccc(F)cc1)c1ccc(OC)c(OC)c1. The van der Waals surface area contributed by atoms with Gasteiger partial charge in [0.1, 0.15) is 5.82 Å². The second-order valence-corrected chi connectivity index (χ2v) is 5.45. The number of hydrogen-bond acceptors (Lipinski definition) is 3. The molecule has 1 N–H and O–H groups in total. The van der Waals surface area contributed by atoms with E-state index in [1.54, 1.807) is 26.4 Å². The molecule has 0 fully saturated rings. The average Bonchev–Trinajstić information content (AvgIpc) is 2.61. The largest absolute Gasteiger partial charge is 0.493 e. The maximum Gasteiger partial charge on any atom is 0.224 e. The van der Waals surface area contributed by atoms with Crippen molar-refractivity contribution in [2.24, 2.45) is 0 Å². The number of amides is 1. The van der Waals surface area contributed by atoms with Crippen LogP contribution in [0.4, 0.5) is 4.39 Å². The molecule has 0 saturated carbocycles. The normalized spacial score (nSPS) is 11.7. The minimum absolute atomic E-state index is 0.108. The van der Waals surface area contributed by atoms with E-state index in [1.165, 1.54) is 12.1 Å². The van der Waals surface area contributed by atoms with Gasteiger partial charge in [-0.1, -0.05) is 25.1 Å². The molecule has 5 heteroatoms. The summed E-state index contributed by atoms with van der Waals surface area (Å²) in [5.41, 5.74) is 1.72. The number of benzene rings is 2. The van der Waals surface area contributed by atoms with Crippen LogP contribution in [0.2, 0.25) is 0 Å². The van der Waals surface area contributed by atoms with Gasteiger partial charge in [0.25, 0.3) is 0 Å². The van der Waals surface area contributed by atoms with Crippen molar-refractivity contribution in [1.82, 2.24) is 5.32 Å².